The molecule has 0 aliphatic heterocycles. The second-order valence-electron chi connectivity index (χ2n) is 4.61. The standard InChI is InChI=1S/C16H14ClN3O2S2/c17-13-6-8-15(9-7-13)24(21,22)11-10-23-16(19-12-18)20-14-4-2-1-3-5-14/h1-9H,10-11H2,(H,19,20). The Morgan fingerprint density at radius 2 is 1.83 bits per heavy atom. The molecule has 24 heavy (non-hydrogen) atoms. The molecule has 0 unspecified atom stereocenters. The topological polar surface area (TPSA) is 82.3 Å². The SMILES string of the molecule is N#CNC(=Nc1ccccc1)SCCS(=O)(=O)c1ccc(Cl)cc1. The van der Waals surface area contributed by atoms with Gasteiger partial charge in [0.15, 0.2) is 21.2 Å². The quantitative estimate of drug-likeness (QED) is 0.371. The van der Waals surface area contributed by atoms with Gasteiger partial charge in [-0.25, -0.2) is 13.4 Å². The minimum Gasteiger partial charge on any atom is -0.271 e. The summed E-state index contributed by atoms with van der Waals surface area (Å²) >= 11 is 6.94. The van der Waals surface area contributed by atoms with Gasteiger partial charge in [-0.15, -0.1) is 0 Å². The van der Waals surface area contributed by atoms with Crippen LogP contribution in [0.1, 0.15) is 0 Å². The van der Waals surface area contributed by atoms with Crippen LogP contribution < -0.4 is 5.32 Å². The number of thioether (sulfide) groups is 1. The third-order valence-corrected chi connectivity index (χ3v) is 6.03. The molecular formula is C16H14ClN3O2S2. The number of sulfone groups is 1. The highest BCUT2D eigenvalue weighted by Crippen LogP contribution is 2.18. The number of nitrogens with zero attached hydrogens (tertiary/aromatic N) is 2. The van der Waals surface area contributed by atoms with Gasteiger partial charge in [-0.05, 0) is 36.4 Å². The predicted octanol–water partition coefficient (Wildman–Crippen LogP) is 3.61. The van der Waals surface area contributed by atoms with Crippen LogP contribution in [0.15, 0.2) is 64.5 Å². The van der Waals surface area contributed by atoms with E-state index in [1.807, 2.05) is 24.4 Å². The Hall–Kier alpha value is -2.01. The molecular weight excluding hydrogens is 366 g/mol. The van der Waals surface area contributed by atoms with Crippen molar-refractivity contribution >= 4 is 44.1 Å². The number of nitriles is 1. The highest BCUT2D eigenvalue weighted by atomic mass is 35.5. The number of amidine groups is 1. The van der Waals surface area contributed by atoms with E-state index in [0.717, 1.165) is 0 Å². The second kappa shape index (κ2) is 8.73. The van der Waals surface area contributed by atoms with Crippen LogP contribution >= 0.6 is 23.4 Å². The van der Waals surface area contributed by atoms with Crippen molar-refractivity contribution < 1.29 is 8.42 Å². The molecule has 0 amide bonds. The van der Waals surface area contributed by atoms with Gasteiger partial charge < -0.3 is 0 Å². The lowest BCUT2D eigenvalue weighted by molar-refractivity contribution is 0.597. The van der Waals surface area contributed by atoms with Gasteiger partial charge in [-0.3, -0.25) is 5.32 Å². The Balaban J connectivity index is 2.01. The first kappa shape index (κ1) is 18.3. The van der Waals surface area contributed by atoms with E-state index in [1.54, 1.807) is 24.3 Å². The smallest absolute Gasteiger partial charge is 0.183 e. The average molecular weight is 380 g/mol. The fraction of sp³-hybridized carbons (Fsp3) is 0.125. The molecule has 0 saturated heterocycles. The molecule has 0 bridgehead atoms. The van der Waals surface area contributed by atoms with Gasteiger partial charge in [0.1, 0.15) is 0 Å². The molecule has 0 aliphatic rings. The first-order chi connectivity index (χ1) is 11.5. The molecule has 0 heterocycles. The van der Waals surface area contributed by atoms with Crippen LogP contribution in [0.3, 0.4) is 0 Å². The van der Waals surface area contributed by atoms with Gasteiger partial charge in [0.25, 0.3) is 0 Å². The average Bonchev–Trinajstić information content (AvgIpc) is 2.56. The van der Waals surface area contributed by atoms with Crippen molar-refractivity contribution in [2.45, 2.75) is 4.90 Å². The molecule has 0 radical (unpaired) electrons. The Bertz CT molecular complexity index is 845. The molecule has 1 N–H and O–H groups in total. The van der Waals surface area contributed by atoms with Crippen LogP contribution in [0.4, 0.5) is 5.69 Å². The maximum Gasteiger partial charge on any atom is 0.183 e. The van der Waals surface area contributed by atoms with Gasteiger partial charge >= 0.3 is 0 Å². The molecule has 5 nitrogen and oxygen atoms in total. The Labute approximate surface area is 150 Å². The van der Waals surface area contributed by atoms with E-state index in [9.17, 15) is 8.42 Å². The summed E-state index contributed by atoms with van der Waals surface area (Å²) in [5, 5.41) is 12.1. The zero-order chi connectivity index (χ0) is 17.4. The summed E-state index contributed by atoms with van der Waals surface area (Å²) in [6.45, 7) is 0. The van der Waals surface area contributed by atoms with E-state index in [-0.39, 0.29) is 16.4 Å². The van der Waals surface area contributed by atoms with Crippen LogP contribution in [-0.4, -0.2) is 25.1 Å². The molecule has 2 rings (SSSR count). The Kier molecular flexibility index (Phi) is 6.67. The van der Waals surface area contributed by atoms with E-state index >= 15 is 0 Å². The van der Waals surface area contributed by atoms with Crippen LogP contribution in [0, 0.1) is 11.5 Å². The van der Waals surface area contributed by atoms with Crippen molar-refractivity contribution in [3.05, 3.63) is 59.6 Å². The Morgan fingerprint density at radius 1 is 1.17 bits per heavy atom. The summed E-state index contributed by atoms with van der Waals surface area (Å²) < 4.78 is 24.5. The lowest BCUT2D eigenvalue weighted by Gasteiger charge is -2.06. The maximum atomic E-state index is 12.3. The van der Waals surface area contributed by atoms with Gasteiger partial charge in [0, 0.05) is 10.8 Å². The van der Waals surface area contributed by atoms with Crippen molar-refractivity contribution in [1.29, 1.82) is 5.26 Å². The lowest BCUT2D eigenvalue weighted by atomic mass is 10.3. The number of aliphatic imine (C=N–C) groups is 1. The van der Waals surface area contributed by atoms with E-state index in [0.29, 0.717) is 15.9 Å². The van der Waals surface area contributed by atoms with Crippen LogP contribution in [0.25, 0.3) is 0 Å². The largest absolute Gasteiger partial charge is 0.271 e. The van der Waals surface area contributed by atoms with Gasteiger partial charge in [0.05, 0.1) is 16.3 Å². The fourth-order valence-electron chi connectivity index (χ4n) is 1.77. The number of rotatable bonds is 5. The number of benzene rings is 2. The third kappa shape index (κ3) is 5.57. The molecule has 124 valence electrons. The lowest BCUT2D eigenvalue weighted by Crippen LogP contribution is -2.16. The Morgan fingerprint density at radius 3 is 2.46 bits per heavy atom. The molecule has 0 spiro atoms. The fourth-order valence-corrected chi connectivity index (χ4v) is 4.38. The molecule has 0 atom stereocenters. The molecule has 2 aromatic rings. The van der Waals surface area contributed by atoms with E-state index in [1.165, 1.54) is 23.9 Å². The van der Waals surface area contributed by atoms with Gasteiger partial charge in [0.2, 0.25) is 0 Å². The highest BCUT2D eigenvalue weighted by molar-refractivity contribution is 8.14. The van der Waals surface area contributed by atoms with Crippen molar-refractivity contribution in [3.63, 3.8) is 0 Å². The first-order valence-corrected chi connectivity index (χ1v) is 9.93. The molecule has 8 heteroatoms. The minimum atomic E-state index is -3.41. The van der Waals surface area contributed by atoms with Crippen molar-refractivity contribution in [3.8, 4) is 6.19 Å². The molecule has 0 saturated carbocycles. The summed E-state index contributed by atoms with van der Waals surface area (Å²) in [6.07, 6.45) is 1.81. The summed E-state index contributed by atoms with van der Waals surface area (Å²) in [5.41, 5.74) is 0.684. The molecule has 0 fully saturated rings. The van der Waals surface area contributed by atoms with Crippen molar-refractivity contribution in [1.82, 2.24) is 5.32 Å². The number of nitrogens with one attached hydrogen (secondary N) is 1. The molecule has 0 aromatic heterocycles. The summed E-state index contributed by atoms with van der Waals surface area (Å²) in [5.74, 6) is 0.200. The predicted molar refractivity (Wildman–Crippen MR) is 98.2 cm³/mol. The van der Waals surface area contributed by atoms with Gasteiger partial charge in [-0.2, -0.15) is 5.26 Å². The zero-order valence-corrected chi connectivity index (χ0v) is 14.9. The summed E-state index contributed by atoms with van der Waals surface area (Å²) in [7, 11) is -3.41. The van der Waals surface area contributed by atoms with Gasteiger partial charge in [-0.1, -0.05) is 41.6 Å². The molecule has 0 aliphatic carbocycles. The first-order valence-electron chi connectivity index (χ1n) is 6.91. The van der Waals surface area contributed by atoms with Crippen LogP contribution in [-0.2, 0) is 9.84 Å². The third-order valence-electron chi connectivity index (χ3n) is 2.91. The van der Waals surface area contributed by atoms with E-state index < -0.39 is 9.84 Å². The maximum absolute atomic E-state index is 12.3. The van der Waals surface area contributed by atoms with Crippen molar-refractivity contribution in [2.75, 3.05) is 11.5 Å². The number of hydrogen-bond acceptors (Lipinski definition) is 5. The number of hydrogen-bond donors (Lipinski definition) is 1. The highest BCUT2D eigenvalue weighted by Gasteiger charge is 2.14. The summed E-state index contributed by atoms with van der Waals surface area (Å²) in [6, 6.07) is 15.2. The van der Waals surface area contributed by atoms with E-state index in [4.69, 9.17) is 16.9 Å². The second-order valence-corrected chi connectivity index (χ2v) is 8.24. The summed E-state index contributed by atoms with van der Waals surface area (Å²) in [4.78, 5) is 4.51. The van der Waals surface area contributed by atoms with E-state index in [2.05, 4.69) is 10.3 Å². The minimum absolute atomic E-state index is 0.0692. The molecule has 2 aromatic carbocycles. The number of para-hydroxylation sites is 1. The monoisotopic (exact) mass is 379 g/mol. The van der Waals surface area contributed by atoms with Crippen LogP contribution in [0.5, 0.6) is 0 Å². The normalized spacial score (nSPS) is 11.8. The number of halogens is 1. The van der Waals surface area contributed by atoms with Crippen LogP contribution in [0.2, 0.25) is 5.02 Å². The zero-order valence-electron chi connectivity index (χ0n) is 12.5. The van der Waals surface area contributed by atoms with Crippen molar-refractivity contribution in [2.24, 2.45) is 4.99 Å².